The summed E-state index contributed by atoms with van der Waals surface area (Å²) in [5, 5.41) is 10.4. The van der Waals surface area contributed by atoms with Crippen molar-refractivity contribution < 1.29 is 9.53 Å². The maximum Gasteiger partial charge on any atom is 0.262 e. The van der Waals surface area contributed by atoms with Gasteiger partial charge in [-0.25, -0.2) is 0 Å². The molecule has 0 saturated heterocycles. The van der Waals surface area contributed by atoms with Gasteiger partial charge in [-0.05, 0) is 35.0 Å². The highest BCUT2D eigenvalue weighted by molar-refractivity contribution is 6.09. The van der Waals surface area contributed by atoms with Crippen LogP contribution in [0.1, 0.15) is 10.4 Å². The van der Waals surface area contributed by atoms with Gasteiger partial charge in [0.1, 0.15) is 11.8 Å². The van der Waals surface area contributed by atoms with Crippen LogP contribution in [0.25, 0.3) is 10.8 Å². The largest absolute Gasteiger partial charge is 0.497 e. The zero-order chi connectivity index (χ0) is 11.5. The van der Waals surface area contributed by atoms with Gasteiger partial charge in [-0.1, -0.05) is 12.1 Å². The minimum Gasteiger partial charge on any atom is -0.497 e. The molecule has 2 aromatic rings. The van der Waals surface area contributed by atoms with E-state index in [-0.39, 0.29) is 0 Å². The number of carbonyl (C=O) groups is 1. The lowest BCUT2D eigenvalue weighted by Crippen LogP contribution is -1.93. The van der Waals surface area contributed by atoms with E-state index in [0.717, 1.165) is 16.5 Å². The summed E-state index contributed by atoms with van der Waals surface area (Å²) in [7, 11) is 1.61. The Balaban J connectivity index is 2.57. The molecule has 0 aliphatic rings. The second kappa shape index (κ2) is 4.03. The third kappa shape index (κ3) is 1.73. The van der Waals surface area contributed by atoms with Crippen LogP contribution in [0.15, 0.2) is 36.4 Å². The molecule has 3 heteroatoms. The molecule has 0 aromatic heterocycles. The SMILES string of the molecule is COc1ccc2cc(C(=O)C#N)ccc2c1. The normalized spacial score (nSPS) is 9.75. The molecular formula is C13H9NO2. The third-order valence-electron chi connectivity index (χ3n) is 2.41. The summed E-state index contributed by atoms with van der Waals surface area (Å²) in [5.41, 5.74) is 0.417. The van der Waals surface area contributed by atoms with E-state index >= 15 is 0 Å². The van der Waals surface area contributed by atoms with Gasteiger partial charge in [0.15, 0.2) is 0 Å². The molecular weight excluding hydrogens is 202 g/mol. The molecule has 16 heavy (non-hydrogen) atoms. The van der Waals surface area contributed by atoms with Gasteiger partial charge in [0.05, 0.1) is 7.11 Å². The van der Waals surface area contributed by atoms with E-state index in [1.54, 1.807) is 25.3 Å². The fourth-order valence-corrected chi connectivity index (χ4v) is 1.56. The minimum absolute atomic E-state index is 0.417. The number of hydrogen-bond acceptors (Lipinski definition) is 3. The second-order valence-electron chi connectivity index (χ2n) is 3.37. The Morgan fingerprint density at radius 1 is 1.19 bits per heavy atom. The summed E-state index contributed by atoms with van der Waals surface area (Å²) in [5.74, 6) is 0.254. The maximum atomic E-state index is 11.2. The number of carbonyl (C=O) groups excluding carboxylic acids is 1. The van der Waals surface area contributed by atoms with E-state index in [9.17, 15) is 4.79 Å². The Kier molecular flexibility index (Phi) is 2.57. The number of nitrogens with zero attached hydrogens (tertiary/aromatic N) is 1. The van der Waals surface area contributed by atoms with Gasteiger partial charge in [-0.3, -0.25) is 4.79 Å². The van der Waals surface area contributed by atoms with Gasteiger partial charge in [0.25, 0.3) is 5.78 Å². The molecule has 0 aliphatic heterocycles. The molecule has 0 saturated carbocycles. The Labute approximate surface area is 92.9 Å². The average Bonchev–Trinajstić information content (AvgIpc) is 2.36. The molecule has 2 rings (SSSR count). The summed E-state index contributed by atoms with van der Waals surface area (Å²) in [6.07, 6.45) is 0. The molecule has 0 amide bonds. The number of hydrogen-bond donors (Lipinski definition) is 0. The first-order valence-corrected chi connectivity index (χ1v) is 4.77. The predicted molar refractivity (Wildman–Crippen MR) is 60.4 cm³/mol. The molecule has 0 heterocycles. The first-order valence-electron chi connectivity index (χ1n) is 4.77. The fraction of sp³-hybridized carbons (Fsp3) is 0.0769. The topological polar surface area (TPSA) is 50.1 Å². The first-order chi connectivity index (χ1) is 7.74. The van der Waals surface area contributed by atoms with Crippen molar-refractivity contribution in [3.8, 4) is 11.8 Å². The van der Waals surface area contributed by atoms with Crippen molar-refractivity contribution in [1.82, 2.24) is 0 Å². The smallest absolute Gasteiger partial charge is 0.262 e. The van der Waals surface area contributed by atoms with Gasteiger partial charge >= 0.3 is 0 Å². The average molecular weight is 211 g/mol. The molecule has 0 N–H and O–H groups in total. The molecule has 0 aliphatic carbocycles. The third-order valence-corrected chi connectivity index (χ3v) is 2.41. The van der Waals surface area contributed by atoms with E-state index in [2.05, 4.69) is 0 Å². The van der Waals surface area contributed by atoms with Gasteiger partial charge in [-0.15, -0.1) is 0 Å². The van der Waals surface area contributed by atoms with E-state index in [1.807, 2.05) is 24.3 Å². The molecule has 0 radical (unpaired) electrons. The Morgan fingerprint density at radius 2 is 1.88 bits per heavy atom. The highest BCUT2D eigenvalue weighted by Crippen LogP contribution is 2.21. The number of benzene rings is 2. The zero-order valence-corrected chi connectivity index (χ0v) is 8.73. The Bertz CT molecular complexity index is 596. The zero-order valence-electron chi connectivity index (χ0n) is 8.73. The summed E-state index contributed by atoms with van der Waals surface area (Å²) < 4.78 is 5.10. The quantitative estimate of drug-likeness (QED) is 0.566. The second-order valence-corrected chi connectivity index (χ2v) is 3.37. The van der Waals surface area contributed by atoms with Crippen LogP contribution in [0.5, 0.6) is 5.75 Å². The summed E-state index contributed by atoms with van der Waals surface area (Å²) in [6, 6.07) is 12.3. The van der Waals surface area contributed by atoms with E-state index in [1.165, 1.54) is 0 Å². The van der Waals surface area contributed by atoms with Crippen molar-refractivity contribution in [1.29, 1.82) is 5.26 Å². The summed E-state index contributed by atoms with van der Waals surface area (Å²) in [4.78, 5) is 11.2. The monoisotopic (exact) mass is 211 g/mol. The summed E-state index contributed by atoms with van der Waals surface area (Å²) in [6.45, 7) is 0. The van der Waals surface area contributed by atoms with Crippen LogP contribution < -0.4 is 4.74 Å². The maximum absolute atomic E-state index is 11.2. The molecule has 0 bridgehead atoms. The van der Waals surface area contributed by atoms with Crippen molar-refractivity contribution in [3.05, 3.63) is 42.0 Å². The van der Waals surface area contributed by atoms with Crippen molar-refractivity contribution in [2.45, 2.75) is 0 Å². The van der Waals surface area contributed by atoms with Crippen molar-refractivity contribution >= 4 is 16.6 Å². The van der Waals surface area contributed by atoms with Crippen LogP contribution in [0.4, 0.5) is 0 Å². The van der Waals surface area contributed by atoms with Gasteiger partial charge < -0.3 is 4.74 Å². The van der Waals surface area contributed by atoms with Gasteiger partial charge in [0.2, 0.25) is 0 Å². The number of ether oxygens (including phenoxy) is 1. The summed E-state index contributed by atoms with van der Waals surface area (Å²) >= 11 is 0. The molecule has 78 valence electrons. The molecule has 0 atom stereocenters. The number of fused-ring (bicyclic) bond motifs is 1. The lowest BCUT2D eigenvalue weighted by atomic mass is 10.0. The van der Waals surface area contributed by atoms with Crippen LogP contribution in [0, 0.1) is 11.3 Å². The molecule has 0 fully saturated rings. The van der Waals surface area contributed by atoms with Gasteiger partial charge in [0, 0.05) is 5.56 Å². The van der Waals surface area contributed by atoms with Crippen LogP contribution in [-0.4, -0.2) is 12.9 Å². The molecule has 0 spiro atoms. The fourth-order valence-electron chi connectivity index (χ4n) is 1.56. The minimum atomic E-state index is -0.516. The van der Waals surface area contributed by atoms with E-state index in [0.29, 0.717) is 5.56 Å². The van der Waals surface area contributed by atoms with E-state index in [4.69, 9.17) is 10.00 Å². The highest BCUT2D eigenvalue weighted by atomic mass is 16.5. The number of ketones is 1. The lowest BCUT2D eigenvalue weighted by molar-refractivity contribution is 0.105. The van der Waals surface area contributed by atoms with Crippen molar-refractivity contribution in [3.63, 3.8) is 0 Å². The highest BCUT2D eigenvalue weighted by Gasteiger charge is 2.05. The molecule has 2 aromatic carbocycles. The number of nitriles is 1. The number of Topliss-reactive ketones (excluding diaryl/α,β-unsaturated/α-hetero) is 1. The molecule has 3 nitrogen and oxygen atoms in total. The van der Waals surface area contributed by atoms with Crippen LogP contribution in [0.3, 0.4) is 0 Å². The predicted octanol–water partition coefficient (Wildman–Crippen LogP) is 2.55. The Hall–Kier alpha value is -2.34. The number of rotatable bonds is 2. The van der Waals surface area contributed by atoms with Crippen LogP contribution in [0.2, 0.25) is 0 Å². The first kappa shape index (κ1) is 10.2. The molecule has 0 unspecified atom stereocenters. The van der Waals surface area contributed by atoms with Crippen molar-refractivity contribution in [2.24, 2.45) is 0 Å². The van der Waals surface area contributed by atoms with Gasteiger partial charge in [-0.2, -0.15) is 5.26 Å². The Morgan fingerprint density at radius 3 is 2.56 bits per heavy atom. The number of methoxy groups -OCH3 is 1. The standard InChI is InChI=1S/C13H9NO2/c1-16-12-5-4-9-6-11(13(15)8-14)3-2-10(9)7-12/h2-7H,1H3. The van der Waals surface area contributed by atoms with E-state index < -0.39 is 5.78 Å². The van der Waals surface area contributed by atoms with Crippen LogP contribution >= 0.6 is 0 Å². The van der Waals surface area contributed by atoms with Crippen LogP contribution in [-0.2, 0) is 0 Å². The lowest BCUT2D eigenvalue weighted by Gasteiger charge is -2.03. The van der Waals surface area contributed by atoms with Crippen molar-refractivity contribution in [2.75, 3.05) is 7.11 Å².